The minimum atomic E-state index is -0.926. The molecule has 0 unspecified atom stereocenters. The van der Waals surface area contributed by atoms with Crippen molar-refractivity contribution in [3.8, 4) is 5.75 Å². The van der Waals surface area contributed by atoms with E-state index in [1.807, 2.05) is 63.2 Å². The molecule has 0 aliphatic rings. The van der Waals surface area contributed by atoms with Gasteiger partial charge in [0.15, 0.2) is 5.69 Å². The van der Waals surface area contributed by atoms with Crippen LogP contribution in [0.2, 0.25) is 0 Å². The molecule has 2 amide bonds. The Kier molecular flexibility index (Phi) is 7.02. The molecule has 31 heavy (non-hydrogen) atoms. The molecule has 0 spiro atoms. The smallest absolute Gasteiger partial charge is 0.276 e. The summed E-state index contributed by atoms with van der Waals surface area (Å²) in [7, 11) is 1.55. The molecule has 1 atom stereocenters. The van der Waals surface area contributed by atoms with E-state index in [1.165, 1.54) is 4.90 Å². The third kappa shape index (κ3) is 5.67. The van der Waals surface area contributed by atoms with Crippen molar-refractivity contribution in [1.29, 1.82) is 0 Å². The molecule has 0 bridgehead atoms. The Morgan fingerprint density at radius 2 is 1.77 bits per heavy atom. The van der Waals surface area contributed by atoms with Crippen LogP contribution in [0.5, 0.6) is 5.75 Å². The number of methoxy groups -OCH3 is 1. The average molecular weight is 439 g/mol. The van der Waals surface area contributed by atoms with Crippen LogP contribution in [0.25, 0.3) is 0 Å². The maximum absolute atomic E-state index is 13.5. The van der Waals surface area contributed by atoms with Crippen molar-refractivity contribution in [2.24, 2.45) is 0 Å². The summed E-state index contributed by atoms with van der Waals surface area (Å²) in [5.74, 6) is -0.152. The Bertz CT molecular complexity index is 1020. The standard InChI is InChI=1S/C23H26N4O3S/c1-23(2,3)24-21(28)20(17-12-8-9-13-19(17)30-4)27(14-16-10-6-5-7-11-16)22(29)18-15-31-26-25-18/h5-13,15,20H,14H2,1-4H3,(H,24,28)/t20-/m1/s1. The van der Waals surface area contributed by atoms with E-state index < -0.39 is 11.6 Å². The van der Waals surface area contributed by atoms with Gasteiger partial charge >= 0.3 is 0 Å². The quantitative estimate of drug-likeness (QED) is 0.606. The second-order valence-corrected chi connectivity index (χ2v) is 8.70. The van der Waals surface area contributed by atoms with Gasteiger partial charge in [-0.05, 0) is 43.9 Å². The molecule has 0 aliphatic carbocycles. The number of ether oxygens (including phenoxy) is 1. The van der Waals surface area contributed by atoms with Crippen LogP contribution in [0.4, 0.5) is 0 Å². The van der Waals surface area contributed by atoms with Crippen molar-refractivity contribution < 1.29 is 14.3 Å². The van der Waals surface area contributed by atoms with Gasteiger partial charge < -0.3 is 15.0 Å². The first-order chi connectivity index (χ1) is 14.8. The summed E-state index contributed by atoms with van der Waals surface area (Å²) in [5, 5.41) is 8.54. The summed E-state index contributed by atoms with van der Waals surface area (Å²) in [6.45, 7) is 5.92. The molecule has 3 rings (SSSR count). The zero-order valence-corrected chi connectivity index (χ0v) is 18.8. The number of rotatable bonds is 7. The minimum absolute atomic E-state index is 0.199. The monoisotopic (exact) mass is 438 g/mol. The van der Waals surface area contributed by atoms with Crippen molar-refractivity contribution in [2.45, 2.75) is 38.9 Å². The molecule has 0 fully saturated rings. The zero-order valence-electron chi connectivity index (χ0n) is 18.0. The van der Waals surface area contributed by atoms with Crippen molar-refractivity contribution in [3.05, 3.63) is 76.8 Å². The Balaban J connectivity index is 2.13. The number of carbonyl (C=O) groups is 2. The van der Waals surface area contributed by atoms with Gasteiger partial charge in [0.1, 0.15) is 11.8 Å². The fourth-order valence-corrected chi connectivity index (χ4v) is 3.68. The molecular weight excluding hydrogens is 412 g/mol. The molecule has 0 aliphatic heterocycles. The normalized spacial score (nSPS) is 12.1. The van der Waals surface area contributed by atoms with Crippen LogP contribution in [0, 0.1) is 0 Å². The maximum atomic E-state index is 13.5. The Morgan fingerprint density at radius 1 is 1.10 bits per heavy atom. The third-order valence-corrected chi connectivity index (χ3v) is 5.03. The molecule has 8 heteroatoms. The number of carbonyl (C=O) groups excluding carboxylic acids is 2. The van der Waals surface area contributed by atoms with Crippen LogP contribution in [-0.2, 0) is 11.3 Å². The zero-order chi connectivity index (χ0) is 22.4. The van der Waals surface area contributed by atoms with Crippen molar-refractivity contribution >= 4 is 23.3 Å². The number of hydrogen-bond donors (Lipinski definition) is 1. The number of benzene rings is 2. The lowest BCUT2D eigenvalue weighted by molar-refractivity contribution is -0.127. The second kappa shape index (κ2) is 9.70. The Morgan fingerprint density at radius 3 is 2.39 bits per heavy atom. The van der Waals surface area contributed by atoms with Gasteiger partial charge in [-0.15, -0.1) is 5.10 Å². The van der Waals surface area contributed by atoms with E-state index in [9.17, 15) is 9.59 Å². The third-order valence-electron chi connectivity index (χ3n) is 4.53. The van der Waals surface area contributed by atoms with Gasteiger partial charge in [-0.25, -0.2) is 0 Å². The Labute approximate surface area is 186 Å². The van der Waals surface area contributed by atoms with Gasteiger partial charge in [-0.1, -0.05) is 53.0 Å². The number of aromatic nitrogens is 2. The topological polar surface area (TPSA) is 84.4 Å². The fourth-order valence-electron chi connectivity index (χ4n) is 3.25. The Hall–Kier alpha value is -3.26. The number of hydrogen-bond acceptors (Lipinski definition) is 6. The van der Waals surface area contributed by atoms with Crippen LogP contribution in [0.3, 0.4) is 0 Å². The van der Waals surface area contributed by atoms with Crippen LogP contribution < -0.4 is 10.1 Å². The van der Waals surface area contributed by atoms with Crippen LogP contribution in [0.15, 0.2) is 60.0 Å². The lowest BCUT2D eigenvalue weighted by Gasteiger charge is -2.34. The lowest BCUT2D eigenvalue weighted by atomic mass is 9.99. The molecule has 3 aromatic rings. The van der Waals surface area contributed by atoms with Gasteiger partial charge in [-0.3, -0.25) is 9.59 Å². The molecule has 0 radical (unpaired) electrons. The van der Waals surface area contributed by atoms with Gasteiger partial charge in [0, 0.05) is 23.0 Å². The van der Waals surface area contributed by atoms with Gasteiger partial charge in [0.05, 0.1) is 7.11 Å². The summed E-state index contributed by atoms with van der Waals surface area (Å²) in [5.41, 5.74) is 1.20. The van der Waals surface area contributed by atoms with E-state index in [0.717, 1.165) is 17.1 Å². The second-order valence-electron chi connectivity index (χ2n) is 8.09. The minimum Gasteiger partial charge on any atom is -0.496 e. The molecule has 0 saturated heterocycles. The number of amides is 2. The van der Waals surface area contributed by atoms with Crippen molar-refractivity contribution in [1.82, 2.24) is 19.8 Å². The van der Waals surface area contributed by atoms with Crippen molar-refractivity contribution in [3.63, 3.8) is 0 Å². The average Bonchev–Trinajstić information content (AvgIpc) is 3.27. The first-order valence-electron chi connectivity index (χ1n) is 9.87. The molecule has 1 heterocycles. The molecule has 1 N–H and O–H groups in total. The maximum Gasteiger partial charge on any atom is 0.276 e. The number of nitrogens with zero attached hydrogens (tertiary/aromatic N) is 3. The first kappa shape index (κ1) is 22.4. The molecular formula is C23H26N4O3S. The molecule has 0 saturated carbocycles. The predicted octanol–water partition coefficient (Wildman–Crippen LogP) is 3.85. The SMILES string of the molecule is COc1ccccc1[C@H](C(=O)NC(C)(C)C)N(Cc1ccccc1)C(=O)c1csnn1. The highest BCUT2D eigenvalue weighted by Gasteiger charge is 2.36. The summed E-state index contributed by atoms with van der Waals surface area (Å²) in [4.78, 5) is 28.6. The predicted molar refractivity (Wildman–Crippen MR) is 120 cm³/mol. The first-order valence-corrected chi connectivity index (χ1v) is 10.7. The number of para-hydroxylation sites is 1. The summed E-state index contributed by atoms with van der Waals surface area (Å²) >= 11 is 1.09. The van der Waals surface area contributed by atoms with E-state index in [2.05, 4.69) is 14.9 Å². The van der Waals surface area contributed by atoms with E-state index >= 15 is 0 Å². The summed E-state index contributed by atoms with van der Waals surface area (Å²) < 4.78 is 9.36. The van der Waals surface area contributed by atoms with Gasteiger partial charge in [0.2, 0.25) is 5.91 Å². The summed E-state index contributed by atoms with van der Waals surface area (Å²) in [6.07, 6.45) is 0. The van der Waals surface area contributed by atoms with Crippen LogP contribution in [-0.4, -0.2) is 38.9 Å². The van der Waals surface area contributed by atoms with Crippen molar-refractivity contribution in [2.75, 3.05) is 7.11 Å². The van der Waals surface area contributed by atoms with E-state index in [1.54, 1.807) is 24.6 Å². The number of nitrogens with one attached hydrogen (secondary N) is 1. The van der Waals surface area contributed by atoms with E-state index in [0.29, 0.717) is 11.3 Å². The lowest BCUT2D eigenvalue weighted by Crippen LogP contribution is -2.49. The fraction of sp³-hybridized carbons (Fsp3) is 0.304. The molecule has 162 valence electrons. The summed E-state index contributed by atoms with van der Waals surface area (Å²) in [6, 6.07) is 15.8. The van der Waals surface area contributed by atoms with Gasteiger partial charge in [-0.2, -0.15) is 0 Å². The van der Waals surface area contributed by atoms with E-state index in [4.69, 9.17) is 4.74 Å². The van der Waals surface area contributed by atoms with Gasteiger partial charge in [0.25, 0.3) is 5.91 Å². The molecule has 2 aromatic carbocycles. The van der Waals surface area contributed by atoms with Crippen LogP contribution >= 0.6 is 11.5 Å². The van der Waals surface area contributed by atoms with E-state index in [-0.39, 0.29) is 24.1 Å². The molecule has 7 nitrogen and oxygen atoms in total. The van der Waals surface area contributed by atoms with Crippen LogP contribution in [0.1, 0.15) is 48.4 Å². The molecule has 1 aromatic heterocycles. The highest BCUT2D eigenvalue weighted by Crippen LogP contribution is 2.32. The highest BCUT2D eigenvalue weighted by molar-refractivity contribution is 7.03. The highest BCUT2D eigenvalue weighted by atomic mass is 32.1. The largest absolute Gasteiger partial charge is 0.496 e.